The number of hydrogen-bond donors (Lipinski definition) is 1. The molecule has 0 aromatic heterocycles. The number of carbonyl (C=O) groups is 1. The lowest BCUT2D eigenvalue weighted by atomic mass is 10.1. The quantitative estimate of drug-likeness (QED) is 0.767. The van der Waals surface area contributed by atoms with Crippen molar-refractivity contribution in [2.24, 2.45) is 0 Å². The molecule has 2 aromatic carbocycles. The Kier molecular flexibility index (Phi) is 7.19. The van der Waals surface area contributed by atoms with Crippen molar-refractivity contribution in [3.8, 4) is 11.5 Å². The monoisotopic (exact) mass is 359 g/mol. The van der Waals surface area contributed by atoms with Crippen LogP contribution >= 0.6 is 11.8 Å². The lowest BCUT2D eigenvalue weighted by Crippen LogP contribution is -2.33. The fourth-order valence-electron chi connectivity index (χ4n) is 2.46. The van der Waals surface area contributed by atoms with Gasteiger partial charge < -0.3 is 14.8 Å². The molecule has 2 rings (SSSR count). The van der Waals surface area contributed by atoms with E-state index in [0.717, 1.165) is 22.8 Å². The zero-order chi connectivity index (χ0) is 18.2. The molecule has 134 valence electrons. The smallest absolute Gasteiger partial charge is 0.233 e. The first-order valence-corrected chi connectivity index (χ1v) is 9.27. The van der Waals surface area contributed by atoms with Crippen LogP contribution in [0.15, 0.2) is 48.5 Å². The number of carbonyl (C=O) groups excluding carboxylic acids is 1. The lowest BCUT2D eigenvalue weighted by molar-refractivity contribution is -0.120. The maximum atomic E-state index is 12.5. The Morgan fingerprint density at radius 1 is 1.08 bits per heavy atom. The normalized spacial score (nSPS) is 13.0. The predicted octanol–water partition coefficient (Wildman–Crippen LogP) is 4.20. The van der Waals surface area contributed by atoms with E-state index in [2.05, 4.69) is 17.4 Å². The van der Waals surface area contributed by atoms with E-state index in [0.29, 0.717) is 0 Å². The largest absolute Gasteiger partial charge is 0.497 e. The van der Waals surface area contributed by atoms with Gasteiger partial charge in [0.1, 0.15) is 11.5 Å². The third kappa shape index (κ3) is 5.43. The van der Waals surface area contributed by atoms with E-state index in [-0.39, 0.29) is 17.2 Å². The number of methoxy groups -OCH3 is 2. The minimum Gasteiger partial charge on any atom is -0.497 e. The second kappa shape index (κ2) is 9.37. The first-order chi connectivity index (χ1) is 12.0. The van der Waals surface area contributed by atoms with Crippen LogP contribution in [0.25, 0.3) is 0 Å². The first kappa shape index (κ1) is 19.2. The molecule has 0 aliphatic rings. The van der Waals surface area contributed by atoms with Gasteiger partial charge in [-0.1, -0.05) is 30.3 Å². The molecule has 1 amide bonds. The highest BCUT2D eigenvalue weighted by atomic mass is 32.2. The summed E-state index contributed by atoms with van der Waals surface area (Å²) in [4.78, 5) is 12.5. The van der Waals surface area contributed by atoms with Crippen molar-refractivity contribution in [2.45, 2.75) is 30.9 Å². The zero-order valence-electron chi connectivity index (χ0n) is 15.1. The van der Waals surface area contributed by atoms with Crippen LogP contribution < -0.4 is 14.8 Å². The minimum atomic E-state index is -0.169. The molecular weight excluding hydrogens is 334 g/mol. The number of rotatable bonds is 8. The van der Waals surface area contributed by atoms with Gasteiger partial charge in [0, 0.05) is 11.3 Å². The maximum Gasteiger partial charge on any atom is 0.233 e. The van der Waals surface area contributed by atoms with E-state index in [9.17, 15) is 4.79 Å². The molecule has 1 N–H and O–H groups in total. The van der Waals surface area contributed by atoms with E-state index in [4.69, 9.17) is 9.47 Å². The van der Waals surface area contributed by atoms with E-state index >= 15 is 0 Å². The number of nitrogens with one attached hydrogen (secondary N) is 1. The van der Waals surface area contributed by atoms with Gasteiger partial charge in [-0.25, -0.2) is 0 Å². The summed E-state index contributed by atoms with van der Waals surface area (Å²) < 4.78 is 10.7. The molecule has 0 bridgehead atoms. The summed E-state index contributed by atoms with van der Waals surface area (Å²) >= 11 is 1.62. The fraction of sp³-hybridized carbons (Fsp3) is 0.350. The zero-order valence-corrected chi connectivity index (χ0v) is 15.9. The molecule has 0 spiro atoms. The Hall–Kier alpha value is -2.14. The Labute approximate surface area is 153 Å². The molecule has 0 fully saturated rings. The van der Waals surface area contributed by atoms with Gasteiger partial charge in [0.05, 0.1) is 25.5 Å². The van der Waals surface area contributed by atoms with Crippen molar-refractivity contribution in [3.05, 3.63) is 59.7 Å². The van der Waals surface area contributed by atoms with E-state index in [1.165, 1.54) is 5.56 Å². The SMILES string of the molecule is COc1ccc(OC)c([C@H](C)NC(=O)[C@@H](C)SCc2ccccc2)c1. The van der Waals surface area contributed by atoms with Gasteiger partial charge >= 0.3 is 0 Å². The van der Waals surface area contributed by atoms with Gasteiger partial charge in [-0.3, -0.25) is 4.79 Å². The summed E-state index contributed by atoms with van der Waals surface area (Å²) in [6, 6.07) is 15.6. The summed E-state index contributed by atoms with van der Waals surface area (Å²) in [5, 5.41) is 2.92. The highest BCUT2D eigenvalue weighted by molar-refractivity contribution is 7.99. The second-order valence-electron chi connectivity index (χ2n) is 5.78. The molecule has 0 heterocycles. The van der Waals surface area contributed by atoms with Crippen LogP contribution in [0, 0.1) is 0 Å². The van der Waals surface area contributed by atoms with Crippen LogP contribution in [0.5, 0.6) is 11.5 Å². The van der Waals surface area contributed by atoms with Crippen molar-refractivity contribution in [2.75, 3.05) is 14.2 Å². The molecule has 0 aliphatic heterocycles. The Morgan fingerprint density at radius 3 is 2.44 bits per heavy atom. The Morgan fingerprint density at radius 2 is 1.80 bits per heavy atom. The topological polar surface area (TPSA) is 47.6 Å². The summed E-state index contributed by atoms with van der Waals surface area (Å²) in [6.45, 7) is 3.88. The molecule has 4 nitrogen and oxygen atoms in total. The summed E-state index contributed by atoms with van der Waals surface area (Å²) in [5.41, 5.74) is 2.12. The van der Waals surface area contributed by atoms with Gasteiger partial charge in [-0.15, -0.1) is 11.8 Å². The minimum absolute atomic E-state index is 0.0123. The van der Waals surface area contributed by atoms with Crippen molar-refractivity contribution in [3.63, 3.8) is 0 Å². The van der Waals surface area contributed by atoms with Crippen LogP contribution in [0.3, 0.4) is 0 Å². The van der Waals surface area contributed by atoms with Crippen molar-refractivity contribution in [1.82, 2.24) is 5.32 Å². The standard InChI is InChI=1S/C20H25NO3S/c1-14(18-12-17(23-3)10-11-19(18)24-4)21-20(22)15(2)25-13-16-8-6-5-7-9-16/h5-12,14-15H,13H2,1-4H3,(H,21,22)/t14-,15+/m0/s1. The predicted molar refractivity (Wildman–Crippen MR) is 103 cm³/mol. The number of ether oxygens (including phenoxy) is 2. The molecule has 0 aliphatic carbocycles. The Bertz CT molecular complexity index is 691. The van der Waals surface area contributed by atoms with Crippen LogP contribution in [0.4, 0.5) is 0 Å². The van der Waals surface area contributed by atoms with E-state index < -0.39 is 0 Å². The maximum absolute atomic E-state index is 12.5. The lowest BCUT2D eigenvalue weighted by Gasteiger charge is -2.20. The molecule has 25 heavy (non-hydrogen) atoms. The van der Waals surface area contributed by atoms with Crippen molar-refractivity contribution in [1.29, 1.82) is 0 Å². The molecule has 0 radical (unpaired) electrons. The Balaban J connectivity index is 1.97. The van der Waals surface area contributed by atoms with Gasteiger partial charge in [0.15, 0.2) is 0 Å². The van der Waals surface area contributed by atoms with Gasteiger partial charge in [-0.05, 0) is 37.6 Å². The number of benzene rings is 2. The van der Waals surface area contributed by atoms with Gasteiger partial charge in [-0.2, -0.15) is 0 Å². The molecule has 5 heteroatoms. The molecule has 0 saturated carbocycles. The average molecular weight is 359 g/mol. The fourth-order valence-corrected chi connectivity index (χ4v) is 3.31. The highest BCUT2D eigenvalue weighted by Gasteiger charge is 2.19. The van der Waals surface area contributed by atoms with Crippen molar-refractivity contribution < 1.29 is 14.3 Å². The second-order valence-corrected chi connectivity index (χ2v) is 7.11. The van der Waals surface area contributed by atoms with Crippen molar-refractivity contribution >= 4 is 17.7 Å². The van der Waals surface area contributed by atoms with Crippen LogP contribution in [-0.2, 0) is 10.5 Å². The van der Waals surface area contributed by atoms with Crippen LogP contribution in [0.2, 0.25) is 0 Å². The van der Waals surface area contributed by atoms with Gasteiger partial charge in [0.2, 0.25) is 5.91 Å². The average Bonchev–Trinajstić information content (AvgIpc) is 2.66. The third-order valence-electron chi connectivity index (χ3n) is 3.97. The summed E-state index contributed by atoms with van der Waals surface area (Å²) in [5.74, 6) is 2.30. The third-order valence-corrected chi connectivity index (χ3v) is 5.19. The molecule has 0 saturated heterocycles. The summed E-state index contributed by atoms with van der Waals surface area (Å²) in [7, 11) is 3.25. The van der Waals surface area contributed by atoms with E-state index in [1.807, 2.05) is 50.2 Å². The highest BCUT2D eigenvalue weighted by Crippen LogP contribution is 2.29. The van der Waals surface area contributed by atoms with Gasteiger partial charge in [0.25, 0.3) is 0 Å². The van der Waals surface area contributed by atoms with E-state index in [1.54, 1.807) is 26.0 Å². The number of amides is 1. The molecule has 0 unspecified atom stereocenters. The molecule has 2 atom stereocenters. The number of thioether (sulfide) groups is 1. The first-order valence-electron chi connectivity index (χ1n) is 8.23. The summed E-state index contributed by atoms with van der Waals surface area (Å²) in [6.07, 6.45) is 0. The number of hydrogen-bond acceptors (Lipinski definition) is 4. The molecular formula is C20H25NO3S. The molecule has 2 aromatic rings. The van der Waals surface area contributed by atoms with Crippen LogP contribution in [-0.4, -0.2) is 25.4 Å². The van der Waals surface area contributed by atoms with Crippen LogP contribution in [0.1, 0.15) is 31.0 Å².